The minimum Gasteiger partial charge on any atom is -0.465 e. The molecule has 0 amide bonds. The molecule has 26 heavy (non-hydrogen) atoms. The van der Waals surface area contributed by atoms with Gasteiger partial charge in [0, 0.05) is 0 Å². The van der Waals surface area contributed by atoms with Gasteiger partial charge in [-0.2, -0.15) is 0 Å². The Bertz CT molecular complexity index is 673. The van der Waals surface area contributed by atoms with Crippen LogP contribution in [-0.4, -0.2) is 24.3 Å². The first-order chi connectivity index (χ1) is 12.3. The number of esters is 1. The Labute approximate surface area is 157 Å². The number of ether oxygens (including phenoxy) is 1. The van der Waals surface area contributed by atoms with Gasteiger partial charge in [0.1, 0.15) is 0 Å². The summed E-state index contributed by atoms with van der Waals surface area (Å²) in [4.78, 5) is 11.6. The monoisotopic (exact) mass is 356 g/mol. The number of aliphatic hydroxyl groups excluding tert-OH is 1. The molecule has 0 radical (unpaired) electrons. The van der Waals surface area contributed by atoms with E-state index in [1.165, 1.54) is 26.4 Å². The zero-order valence-corrected chi connectivity index (χ0v) is 16.5. The highest BCUT2D eigenvalue weighted by atomic mass is 16.5. The Morgan fingerprint density at radius 3 is 2.50 bits per heavy atom. The average Bonchev–Trinajstić information content (AvgIpc) is 2.64. The van der Waals surface area contributed by atoms with E-state index in [-0.39, 0.29) is 22.9 Å². The van der Waals surface area contributed by atoms with Crippen molar-refractivity contribution in [3.63, 3.8) is 0 Å². The fourth-order valence-corrected chi connectivity index (χ4v) is 5.48. The van der Waals surface area contributed by atoms with Crippen molar-refractivity contribution in [2.24, 2.45) is 22.7 Å². The van der Waals surface area contributed by atoms with Crippen molar-refractivity contribution < 1.29 is 14.6 Å². The highest BCUT2D eigenvalue weighted by Gasteiger charge is 2.54. The molecule has 142 valence electrons. The van der Waals surface area contributed by atoms with Crippen LogP contribution in [0.15, 0.2) is 30.3 Å². The van der Waals surface area contributed by atoms with Gasteiger partial charge in [0.2, 0.25) is 0 Å². The molecule has 4 atom stereocenters. The number of fused-ring (bicyclic) bond motifs is 1. The van der Waals surface area contributed by atoms with Crippen LogP contribution in [-0.2, 0) is 4.74 Å². The second-order valence-electron chi connectivity index (χ2n) is 8.94. The van der Waals surface area contributed by atoms with Crippen molar-refractivity contribution in [1.82, 2.24) is 0 Å². The van der Waals surface area contributed by atoms with Crippen molar-refractivity contribution >= 4 is 12.0 Å². The van der Waals surface area contributed by atoms with Crippen molar-refractivity contribution in [3.05, 3.63) is 41.5 Å². The van der Waals surface area contributed by atoms with E-state index in [0.717, 1.165) is 18.4 Å². The molecule has 3 heteroatoms. The molecule has 2 saturated carbocycles. The Hall–Kier alpha value is -1.61. The number of rotatable bonds is 3. The van der Waals surface area contributed by atoms with Crippen LogP contribution in [0, 0.1) is 22.7 Å². The van der Waals surface area contributed by atoms with E-state index >= 15 is 0 Å². The lowest BCUT2D eigenvalue weighted by Gasteiger charge is -2.58. The first kappa shape index (κ1) is 19.2. The molecule has 2 aliphatic carbocycles. The maximum absolute atomic E-state index is 11.6. The molecule has 0 spiro atoms. The molecule has 2 aliphatic rings. The number of carbonyl (C=O) groups is 1. The Kier molecular flexibility index (Phi) is 5.30. The van der Waals surface area contributed by atoms with Crippen LogP contribution in [0.3, 0.4) is 0 Å². The quantitative estimate of drug-likeness (QED) is 0.767. The highest BCUT2D eigenvalue weighted by molar-refractivity contribution is 5.89. The van der Waals surface area contributed by atoms with Crippen LogP contribution in [0.2, 0.25) is 0 Å². The lowest BCUT2D eigenvalue weighted by Crippen LogP contribution is -2.53. The van der Waals surface area contributed by atoms with Crippen LogP contribution >= 0.6 is 0 Å². The van der Waals surface area contributed by atoms with Gasteiger partial charge in [0.05, 0.1) is 18.8 Å². The number of methoxy groups -OCH3 is 1. The van der Waals surface area contributed by atoms with Crippen LogP contribution < -0.4 is 0 Å². The first-order valence-electron chi connectivity index (χ1n) is 9.83. The van der Waals surface area contributed by atoms with E-state index in [1.54, 1.807) is 0 Å². The summed E-state index contributed by atoms with van der Waals surface area (Å²) in [6.07, 6.45) is 10.0. The number of benzene rings is 1. The standard InChI is InChI=1S/C23H32O3/c1-22(2)19-7-5-6-18(23(19,3)15-14-20(22)24)13-10-16-8-11-17(12-9-16)21(25)26-4/h8-13,18-20,24H,5-7,14-15H2,1-4H3/b13-10+/t18-,19?,20+,23-/m1/s1. The summed E-state index contributed by atoms with van der Waals surface area (Å²) in [7, 11) is 1.40. The molecule has 0 aliphatic heterocycles. The van der Waals surface area contributed by atoms with Gasteiger partial charge in [-0.1, -0.05) is 51.5 Å². The molecule has 3 nitrogen and oxygen atoms in total. The predicted molar refractivity (Wildman–Crippen MR) is 105 cm³/mol. The van der Waals surface area contributed by atoms with Gasteiger partial charge >= 0.3 is 5.97 Å². The third-order valence-corrected chi connectivity index (χ3v) is 7.22. The molecule has 3 rings (SSSR count). The van der Waals surface area contributed by atoms with E-state index in [2.05, 4.69) is 32.9 Å². The summed E-state index contributed by atoms with van der Waals surface area (Å²) in [5, 5.41) is 10.5. The largest absolute Gasteiger partial charge is 0.465 e. The van der Waals surface area contributed by atoms with Crippen molar-refractivity contribution in [2.45, 2.75) is 59.0 Å². The Morgan fingerprint density at radius 2 is 1.85 bits per heavy atom. The smallest absolute Gasteiger partial charge is 0.337 e. The van der Waals surface area contributed by atoms with Gasteiger partial charge in [-0.05, 0) is 66.0 Å². The molecular weight excluding hydrogens is 324 g/mol. The number of hydrogen-bond donors (Lipinski definition) is 1. The third-order valence-electron chi connectivity index (χ3n) is 7.22. The molecule has 0 heterocycles. The van der Waals surface area contributed by atoms with Gasteiger partial charge in [0.25, 0.3) is 0 Å². The van der Waals surface area contributed by atoms with Gasteiger partial charge in [0.15, 0.2) is 0 Å². The van der Waals surface area contributed by atoms with Crippen molar-refractivity contribution in [1.29, 1.82) is 0 Å². The maximum atomic E-state index is 11.6. The fourth-order valence-electron chi connectivity index (χ4n) is 5.48. The fraction of sp³-hybridized carbons (Fsp3) is 0.609. The minimum atomic E-state index is -0.300. The highest BCUT2D eigenvalue weighted by Crippen LogP contribution is 2.60. The normalized spacial score (nSPS) is 33.7. The lowest BCUT2D eigenvalue weighted by molar-refractivity contribution is -0.127. The molecule has 1 aromatic carbocycles. The molecule has 0 bridgehead atoms. The van der Waals surface area contributed by atoms with Crippen LogP contribution in [0.5, 0.6) is 0 Å². The number of allylic oxidation sites excluding steroid dienone is 1. The van der Waals surface area contributed by atoms with Gasteiger partial charge in [-0.25, -0.2) is 4.79 Å². The molecular formula is C23H32O3. The SMILES string of the molecule is COC(=O)c1ccc(/C=C/[C@H]2CCCC3C(C)(C)[C@@H](O)CC[C@@]32C)cc1. The van der Waals surface area contributed by atoms with Crippen LogP contribution in [0.25, 0.3) is 6.08 Å². The second-order valence-corrected chi connectivity index (χ2v) is 8.94. The molecule has 0 saturated heterocycles. The summed E-state index contributed by atoms with van der Waals surface area (Å²) >= 11 is 0. The average molecular weight is 357 g/mol. The minimum absolute atomic E-state index is 0.0122. The van der Waals surface area contributed by atoms with Crippen molar-refractivity contribution in [3.8, 4) is 0 Å². The molecule has 1 N–H and O–H groups in total. The van der Waals surface area contributed by atoms with Gasteiger partial charge in [-0.15, -0.1) is 0 Å². The van der Waals surface area contributed by atoms with Gasteiger partial charge < -0.3 is 9.84 Å². The lowest BCUT2D eigenvalue weighted by atomic mass is 9.47. The zero-order chi connectivity index (χ0) is 18.9. The summed E-state index contributed by atoms with van der Waals surface area (Å²) in [5.74, 6) is 0.795. The number of carbonyl (C=O) groups excluding carboxylic acids is 1. The third kappa shape index (κ3) is 3.34. The van der Waals surface area contributed by atoms with E-state index in [4.69, 9.17) is 4.74 Å². The Balaban J connectivity index is 1.78. The summed E-state index contributed by atoms with van der Waals surface area (Å²) < 4.78 is 4.75. The number of hydrogen-bond acceptors (Lipinski definition) is 3. The van der Waals surface area contributed by atoms with Crippen LogP contribution in [0.1, 0.15) is 68.8 Å². The zero-order valence-electron chi connectivity index (χ0n) is 16.5. The summed E-state index contributed by atoms with van der Waals surface area (Å²) in [6.45, 7) is 6.93. The first-order valence-corrected chi connectivity index (χ1v) is 9.83. The maximum Gasteiger partial charge on any atom is 0.337 e. The molecule has 0 aromatic heterocycles. The summed E-state index contributed by atoms with van der Waals surface area (Å²) in [5.41, 5.74) is 1.93. The number of aliphatic hydroxyl groups is 1. The van der Waals surface area contributed by atoms with E-state index in [0.29, 0.717) is 17.4 Å². The molecule has 1 aromatic rings. The van der Waals surface area contributed by atoms with E-state index < -0.39 is 0 Å². The van der Waals surface area contributed by atoms with Crippen molar-refractivity contribution in [2.75, 3.05) is 7.11 Å². The van der Waals surface area contributed by atoms with Gasteiger partial charge in [-0.3, -0.25) is 0 Å². The second kappa shape index (κ2) is 7.19. The van der Waals surface area contributed by atoms with Crippen LogP contribution in [0.4, 0.5) is 0 Å². The van der Waals surface area contributed by atoms with E-state index in [9.17, 15) is 9.90 Å². The van der Waals surface area contributed by atoms with E-state index in [1.807, 2.05) is 24.3 Å². The molecule has 2 fully saturated rings. The molecule has 1 unspecified atom stereocenters. The topological polar surface area (TPSA) is 46.5 Å². The summed E-state index contributed by atoms with van der Waals surface area (Å²) in [6, 6.07) is 7.58. The predicted octanol–water partition coefficient (Wildman–Crippen LogP) is 5.09. The Morgan fingerprint density at radius 1 is 1.15 bits per heavy atom.